The molecule has 0 heterocycles. The Labute approximate surface area is 131 Å². The summed E-state index contributed by atoms with van der Waals surface area (Å²) < 4.78 is 5.84. The zero-order valence-corrected chi connectivity index (χ0v) is 13.3. The summed E-state index contributed by atoms with van der Waals surface area (Å²) in [7, 11) is 0. The van der Waals surface area contributed by atoms with Gasteiger partial charge in [0.25, 0.3) is 0 Å². The highest BCUT2D eigenvalue weighted by molar-refractivity contribution is 6.33. The molecule has 1 aromatic carbocycles. The van der Waals surface area contributed by atoms with Crippen LogP contribution in [-0.4, -0.2) is 17.8 Å². The molecule has 2 nitrogen and oxygen atoms in total. The van der Waals surface area contributed by atoms with Crippen LogP contribution in [0.3, 0.4) is 0 Å². The lowest BCUT2D eigenvalue weighted by Crippen LogP contribution is -2.32. The van der Waals surface area contributed by atoms with E-state index in [9.17, 15) is 5.11 Å². The van der Waals surface area contributed by atoms with Crippen molar-refractivity contribution in [2.75, 3.05) is 6.61 Å². The van der Waals surface area contributed by atoms with Gasteiger partial charge in [0.1, 0.15) is 6.10 Å². The molecule has 112 valence electrons. The van der Waals surface area contributed by atoms with Crippen LogP contribution in [0, 0.1) is 5.92 Å². The van der Waals surface area contributed by atoms with Gasteiger partial charge in [-0.3, -0.25) is 0 Å². The molecule has 2 rings (SSSR count). The zero-order chi connectivity index (χ0) is 14.5. The molecule has 20 heavy (non-hydrogen) atoms. The first kappa shape index (κ1) is 16.1. The fourth-order valence-corrected chi connectivity index (χ4v) is 3.47. The van der Waals surface area contributed by atoms with Gasteiger partial charge in [0.15, 0.2) is 0 Å². The SMILES string of the molecule is CCOC(C1CCCCC1)C(O)c1cc(Cl)ccc1Cl. The van der Waals surface area contributed by atoms with Crippen molar-refractivity contribution in [3.05, 3.63) is 33.8 Å². The number of hydrogen-bond acceptors (Lipinski definition) is 2. The van der Waals surface area contributed by atoms with Crippen LogP contribution in [0.25, 0.3) is 0 Å². The van der Waals surface area contributed by atoms with E-state index in [1.54, 1.807) is 18.2 Å². The molecule has 0 spiro atoms. The standard InChI is InChI=1S/C16H22Cl2O2/c1-2-20-16(11-6-4-3-5-7-11)15(19)13-10-12(17)8-9-14(13)18/h8-11,15-16,19H,2-7H2,1H3. The minimum atomic E-state index is -0.718. The lowest BCUT2D eigenvalue weighted by atomic mass is 9.82. The van der Waals surface area contributed by atoms with Gasteiger partial charge in [0.05, 0.1) is 6.10 Å². The smallest absolute Gasteiger partial charge is 0.107 e. The fourth-order valence-electron chi connectivity index (χ4n) is 3.06. The molecule has 0 amide bonds. The number of ether oxygens (including phenoxy) is 1. The third-order valence-corrected chi connectivity index (χ3v) is 4.64. The summed E-state index contributed by atoms with van der Waals surface area (Å²) in [6.07, 6.45) is 5.01. The van der Waals surface area contributed by atoms with Gasteiger partial charge in [-0.2, -0.15) is 0 Å². The quantitative estimate of drug-likeness (QED) is 0.827. The fraction of sp³-hybridized carbons (Fsp3) is 0.625. The van der Waals surface area contributed by atoms with Crippen molar-refractivity contribution in [2.24, 2.45) is 5.92 Å². The zero-order valence-electron chi connectivity index (χ0n) is 11.8. The van der Waals surface area contributed by atoms with Gasteiger partial charge in [-0.15, -0.1) is 0 Å². The second kappa shape index (κ2) is 7.65. The van der Waals surface area contributed by atoms with Crippen LogP contribution in [0.5, 0.6) is 0 Å². The molecule has 2 unspecified atom stereocenters. The highest BCUT2D eigenvalue weighted by Gasteiger charge is 2.32. The summed E-state index contributed by atoms with van der Waals surface area (Å²) in [4.78, 5) is 0. The van der Waals surface area contributed by atoms with Gasteiger partial charge in [0, 0.05) is 22.2 Å². The monoisotopic (exact) mass is 316 g/mol. The van der Waals surface area contributed by atoms with E-state index in [-0.39, 0.29) is 6.10 Å². The average molecular weight is 317 g/mol. The predicted molar refractivity (Wildman–Crippen MR) is 83.4 cm³/mol. The summed E-state index contributed by atoms with van der Waals surface area (Å²) in [5.74, 6) is 0.397. The van der Waals surface area contributed by atoms with Gasteiger partial charge >= 0.3 is 0 Å². The first-order valence-electron chi connectivity index (χ1n) is 7.38. The molecule has 4 heteroatoms. The minimum Gasteiger partial charge on any atom is -0.386 e. The first-order valence-corrected chi connectivity index (χ1v) is 8.13. The third kappa shape index (κ3) is 3.88. The van der Waals surface area contributed by atoms with Crippen LogP contribution in [0.15, 0.2) is 18.2 Å². The Kier molecular flexibility index (Phi) is 6.16. The molecular weight excluding hydrogens is 295 g/mol. The van der Waals surface area contributed by atoms with Gasteiger partial charge < -0.3 is 9.84 Å². The highest BCUT2D eigenvalue weighted by atomic mass is 35.5. The lowest BCUT2D eigenvalue weighted by molar-refractivity contribution is -0.0738. The van der Waals surface area contributed by atoms with Crippen LogP contribution in [0.1, 0.15) is 50.7 Å². The van der Waals surface area contributed by atoms with Crippen molar-refractivity contribution in [2.45, 2.75) is 51.2 Å². The van der Waals surface area contributed by atoms with E-state index in [4.69, 9.17) is 27.9 Å². The van der Waals surface area contributed by atoms with Gasteiger partial charge in [-0.25, -0.2) is 0 Å². The molecular formula is C16H22Cl2O2. The van der Waals surface area contributed by atoms with Crippen LogP contribution in [0.4, 0.5) is 0 Å². The maximum Gasteiger partial charge on any atom is 0.107 e. The summed E-state index contributed by atoms with van der Waals surface area (Å²) >= 11 is 12.2. The molecule has 0 aromatic heterocycles. The molecule has 1 N–H and O–H groups in total. The third-order valence-electron chi connectivity index (χ3n) is 4.06. The molecule has 1 saturated carbocycles. The number of aliphatic hydroxyl groups is 1. The highest BCUT2D eigenvalue weighted by Crippen LogP contribution is 2.37. The first-order chi connectivity index (χ1) is 9.63. The van der Waals surface area contributed by atoms with E-state index in [1.165, 1.54) is 19.3 Å². The van der Waals surface area contributed by atoms with Crippen molar-refractivity contribution in [1.82, 2.24) is 0 Å². The van der Waals surface area contributed by atoms with E-state index in [2.05, 4.69) is 0 Å². The van der Waals surface area contributed by atoms with Gasteiger partial charge in [-0.05, 0) is 43.9 Å². The molecule has 0 aliphatic heterocycles. The second-order valence-corrected chi connectivity index (χ2v) is 6.27. The number of aliphatic hydroxyl groups excluding tert-OH is 1. The van der Waals surface area contributed by atoms with Crippen LogP contribution >= 0.6 is 23.2 Å². The summed E-state index contributed by atoms with van der Waals surface area (Å²) in [6, 6.07) is 5.20. The van der Waals surface area contributed by atoms with Crippen molar-refractivity contribution in [3.8, 4) is 0 Å². The van der Waals surface area contributed by atoms with Gasteiger partial charge in [0.2, 0.25) is 0 Å². The molecule has 2 atom stereocenters. The maximum atomic E-state index is 10.7. The van der Waals surface area contributed by atoms with Crippen molar-refractivity contribution in [1.29, 1.82) is 0 Å². The molecule has 0 bridgehead atoms. The number of rotatable bonds is 5. The Morgan fingerprint density at radius 1 is 1.25 bits per heavy atom. The second-order valence-electron chi connectivity index (χ2n) is 5.43. The largest absolute Gasteiger partial charge is 0.386 e. The lowest BCUT2D eigenvalue weighted by Gasteiger charge is -2.33. The molecule has 1 aliphatic carbocycles. The van der Waals surface area contributed by atoms with Crippen LogP contribution in [-0.2, 0) is 4.74 Å². The number of benzene rings is 1. The van der Waals surface area contributed by atoms with E-state index in [1.807, 2.05) is 6.92 Å². The van der Waals surface area contributed by atoms with Gasteiger partial charge in [-0.1, -0.05) is 42.5 Å². The van der Waals surface area contributed by atoms with Crippen molar-refractivity contribution >= 4 is 23.2 Å². The van der Waals surface area contributed by atoms with Crippen molar-refractivity contribution in [3.63, 3.8) is 0 Å². The van der Waals surface area contributed by atoms with E-state index in [0.29, 0.717) is 28.1 Å². The minimum absolute atomic E-state index is 0.198. The Hall–Kier alpha value is -0.280. The summed E-state index contributed by atoms with van der Waals surface area (Å²) in [5, 5.41) is 11.8. The summed E-state index contributed by atoms with van der Waals surface area (Å²) in [6.45, 7) is 2.55. The average Bonchev–Trinajstić information content (AvgIpc) is 2.47. The summed E-state index contributed by atoms with van der Waals surface area (Å²) in [5.41, 5.74) is 0.670. The Balaban J connectivity index is 2.20. The van der Waals surface area contributed by atoms with E-state index >= 15 is 0 Å². The predicted octanol–water partition coefficient (Wildman–Crippen LogP) is 5.01. The number of halogens is 2. The maximum absolute atomic E-state index is 10.7. The normalized spacial score (nSPS) is 19.8. The Morgan fingerprint density at radius 3 is 2.60 bits per heavy atom. The molecule has 0 saturated heterocycles. The molecule has 1 aliphatic rings. The van der Waals surface area contributed by atoms with Crippen molar-refractivity contribution < 1.29 is 9.84 Å². The number of hydrogen-bond donors (Lipinski definition) is 1. The van der Waals surface area contributed by atoms with Crippen LogP contribution in [0.2, 0.25) is 10.0 Å². The topological polar surface area (TPSA) is 29.5 Å². The molecule has 1 aromatic rings. The Bertz CT molecular complexity index is 430. The van der Waals surface area contributed by atoms with E-state index in [0.717, 1.165) is 12.8 Å². The van der Waals surface area contributed by atoms with Crippen LogP contribution < -0.4 is 0 Å². The molecule has 0 radical (unpaired) electrons. The molecule has 1 fully saturated rings. The Morgan fingerprint density at radius 2 is 1.95 bits per heavy atom. The van der Waals surface area contributed by atoms with E-state index < -0.39 is 6.10 Å².